The predicted molar refractivity (Wildman–Crippen MR) is 58.2 cm³/mol. The van der Waals surface area contributed by atoms with Crippen molar-refractivity contribution in [2.75, 3.05) is 0 Å². The molecular weight excluding hydrogens is 222 g/mol. The number of hydrogen-bond donors (Lipinski definition) is 1. The maximum absolute atomic E-state index is 8.83. The molecule has 0 saturated heterocycles. The first-order chi connectivity index (χ1) is 8.31. The van der Waals surface area contributed by atoms with Crippen molar-refractivity contribution in [3.63, 3.8) is 0 Å². The van der Waals surface area contributed by atoms with E-state index in [1.807, 2.05) is 6.92 Å². The summed E-state index contributed by atoms with van der Waals surface area (Å²) in [6.45, 7) is 2.09. The Morgan fingerprint density at radius 1 is 1.41 bits per heavy atom. The molecule has 2 aromatic heterocycles. The van der Waals surface area contributed by atoms with Crippen LogP contribution in [-0.4, -0.2) is 20.2 Å². The van der Waals surface area contributed by atoms with Crippen LogP contribution in [0.15, 0.2) is 22.9 Å². The molecule has 6 nitrogen and oxygen atoms in total. The molecule has 0 spiro atoms. The zero-order valence-electron chi connectivity index (χ0n) is 9.46. The summed E-state index contributed by atoms with van der Waals surface area (Å²) in [5, 5.41) is 12.6. The van der Waals surface area contributed by atoms with E-state index in [4.69, 9.17) is 14.4 Å². The summed E-state index contributed by atoms with van der Waals surface area (Å²) in [5.41, 5.74) is 0.600. The molecule has 6 heteroatoms. The fourth-order valence-corrected chi connectivity index (χ4v) is 1.23. The van der Waals surface area contributed by atoms with Crippen LogP contribution in [0.4, 0.5) is 0 Å². The smallest absolute Gasteiger partial charge is 0.264 e. The van der Waals surface area contributed by atoms with Crippen molar-refractivity contribution < 1.29 is 14.4 Å². The van der Waals surface area contributed by atoms with Crippen LogP contribution in [0.2, 0.25) is 0 Å². The van der Waals surface area contributed by atoms with Crippen LogP contribution in [0.1, 0.15) is 24.3 Å². The molecule has 2 aromatic rings. The zero-order chi connectivity index (χ0) is 12.1. The third-order valence-electron chi connectivity index (χ3n) is 2.15. The molecule has 0 radical (unpaired) electrons. The number of aromatic nitrogens is 3. The van der Waals surface area contributed by atoms with E-state index in [0.29, 0.717) is 23.2 Å². The van der Waals surface area contributed by atoms with Crippen molar-refractivity contribution >= 4 is 0 Å². The molecule has 0 fully saturated rings. The Kier molecular flexibility index (Phi) is 3.66. The van der Waals surface area contributed by atoms with Crippen LogP contribution in [0.5, 0.6) is 5.75 Å². The zero-order valence-corrected chi connectivity index (χ0v) is 9.46. The molecule has 90 valence electrons. The van der Waals surface area contributed by atoms with Gasteiger partial charge in [0.05, 0.1) is 18.5 Å². The first-order valence-corrected chi connectivity index (χ1v) is 5.32. The summed E-state index contributed by atoms with van der Waals surface area (Å²) in [6, 6.07) is 3.43. The molecule has 0 aliphatic carbocycles. The molecule has 2 heterocycles. The van der Waals surface area contributed by atoms with E-state index in [-0.39, 0.29) is 13.2 Å². The Morgan fingerprint density at radius 2 is 2.29 bits per heavy atom. The molecule has 0 aromatic carbocycles. The van der Waals surface area contributed by atoms with E-state index in [9.17, 15) is 0 Å². The molecule has 0 unspecified atom stereocenters. The van der Waals surface area contributed by atoms with E-state index in [1.54, 1.807) is 18.3 Å². The minimum atomic E-state index is -0.0796. The second-order valence-corrected chi connectivity index (χ2v) is 3.39. The topological polar surface area (TPSA) is 81.3 Å². The Labute approximate surface area is 98.3 Å². The van der Waals surface area contributed by atoms with Crippen molar-refractivity contribution in [1.82, 2.24) is 15.1 Å². The third-order valence-corrected chi connectivity index (χ3v) is 2.15. The molecule has 0 aliphatic heterocycles. The molecule has 0 amide bonds. The first-order valence-electron chi connectivity index (χ1n) is 5.32. The Morgan fingerprint density at radius 3 is 2.88 bits per heavy atom. The Hall–Kier alpha value is -1.95. The summed E-state index contributed by atoms with van der Waals surface area (Å²) in [6.07, 6.45) is 2.28. The quantitative estimate of drug-likeness (QED) is 0.835. The summed E-state index contributed by atoms with van der Waals surface area (Å²) in [4.78, 5) is 8.10. The van der Waals surface area contributed by atoms with Gasteiger partial charge in [-0.1, -0.05) is 12.1 Å². The number of ether oxygens (including phenoxy) is 1. The van der Waals surface area contributed by atoms with Crippen LogP contribution in [0, 0.1) is 0 Å². The number of aliphatic hydroxyl groups excluding tert-OH is 1. The van der Waals surface area contributed by atoms with Gasteiger partial charge < -0.3 is 14.4 Å². The highest BCUT2D eigenvalue weighted by Gasteiger charge is 2.05. The lowest BCUT2D eigenvalue weighted by Crippen LogP contribution is -1.97. The molecule has 1 N–H and O–H groups in total. The second-order valence-electron chi connectivity index (χ2n) is 3.39. The van der Waals surface area contributed by atoms with Gasteiger partial charge in [-0.15, -0.1) is 0 Å². The maximum atomic E-state index is 8.83. The molecule has 0 bridgehead atoms. The Bertz CT molecular complexity index is 467. The van der Waals surface area contributed by atoms with Crippen LogP contribution < -0.4 is 4.74 Å². The number of hydrogen-bond acceptors (Lipinski definition) is 6. The lowest BCUT2D eigenvalue weighted by molar-refractivity contribution is 0.241. The predicted octanol–water partition coefficient (Wildman–Crippen LogP) is 1.10. The standard InChI is InChI=1S/C11H13N3O3/c1-2-10-13-11(17-14-10)7-16-9-4-3-8(6-15)12-5-9/h3-5,15H,2,6-7H2,1H3. The van der Waals surface area contributed by atoms with Crippen molar-refractivity contribution in [1.29, 1.82) is 0 Å². The van der Waals surface area contributed by atoms with Gasteiger partial charge >= 0.3 is 0 Å². The van der Waals surface area contributed by atoms with Gasteiger partial charge in [-0.3, -0.25) is 4.98 Å². The average molecular weight is 235 g/mol. The van der Waals surface area contributed by atoms with Gasteiger partial charge in [0.15, 0.2) is 12.4 Å². The molecule has 0 aliphatic rings. The highest BCUT2D eigenvalue weighted by Crippen LogP contribution is 2.11. The lowest BCUT2D eigenvalue weighted by Gasteiger charge is -2.02. The highest BCUT2D eigenvalue weighted by atomic mass is 16.5. The first kappa shape index (κ1) is 11.5. The SMILES string of the molecule is CCc1noc(COc2ccc(CO)nc2)n1. The second kappa shape index (κ2) is 5.40. The van der Waals surface area contributed by atoms with E-state index >= 15 is 0 Å². The number of rotatable bonds is 5. The summed E-state index contributed by atoms with van der Waals surface area (Å²) < 4.78 is 10.4. The van der Waals surface area contributed by atoms with Gasteiger partial charge in [-0.2, -0.15) is 4.98 Å². The van der Waals surface area contributed by atoms with E-state index < -0.39 is 0 Å². The maximum Gasteiger partial charge on any atom is 0.264 e. The normalized spacial score (nSPS) is 10.5. The average Bonchev–Trinajstić information content (AvgIpc) is 2.85. The van der Waals surface area contributed by atoms with Crippen LogP contribution in [0.3, 0.4) is 0 Å². The van der Waals surface area contributed by atoms with Gasteiger partial charge in [0.25, 0.3) is 5.89 Å². The summed E-state index contributed by atoms with van der Waals surface area (Å²) in [7, 11) is 0. The van der Waals surface area contributed by atoms with Crippen molar-refractivity contribution in [2.45, 2.75) is 26.6 Å². The van der Waals surface area contributed by atoms with Crippen molar-refractivity contribution in [2.24, 2.45) is 0 Å². The van der Waals surface area contributed by atoms with Crippen molar-refractivity contribution in [3.05, 3.63) is 35.7 Å². The van der Waals surface area contributed by atoms with E-state index in [2.05, 4.69) is 15.1 Å². The van der Waals surface area contributed by atoms with Crippen LogP contribution in [-0.2, 0) is 19.6 Å². The minimum absolute atomic E-state index is 0.0796. The van der Waals surface area contributed by atoms with Crippen LogP contribution in [0.25, 0.3) is 0 Å². The van der Waals surface area contributed by atoms with E-state index in [1.165, 1.54) is 0 Å². The number of pyridine rings is 1. The monoisotopic (exact) mass is 235 g/mol. The van der Waals surface area contributed by atoms with Gasteiger partial charge in [0.2, 0.25) is 0 Å². The molecular formula is C11H13N3O3. The summed E-state index contributed by atoms with van der Waals surface area (Å²) >= 11 is 0. The van der Waals surface area contributed by atoms with Crippen molar-refractivity contribution in [3.8, 4) is 5.75 Å². The largest absolute Gasteiger partial charge is 0.482 e. The van der Waals surface area contributed by atoms with Crippen LogP contribution >= 0.6 is 0 Å². The lowest BCUT2D eigenvalue weighted by atomic mass is 10.3. The Balaban J connectivity index is 1.92. The molecule has 0 saturated carbocycles. The van der Waals surface area contributed by atoms with E-state index in [0.717, 1.165) is 6.42 Å². The molecule has 17 heavy (non-hydrogen) atoms. The van der Waals surface area contributed by atoms with Gasteiger partial charge in [0.1, 0.15) is 5.75 Å². The highest BCUT2D eigenvalue weighted by molar-refractivity contribution is 5.19. The fraction of sp³-hybridized carbons (Fsp3) is 0.364. The van der Waals surface area contributed by atoms with Gasteiger partial charge in [0, 0.05) is 6.42 Å². The van der Waals surface area contributed by atoms with Gasteiger partial charge in [-0.05, 0) is 12.1 Å². The molecule has 2 rings (SSSR count). The molecule has 0 atom stereocenters. The minimum Gasteiger partial charge on any atom is -0.482 e. The summed E-state index contributed by atoms with van der Waals surface area (Å²) in [5.74, 6) is 1.70. The number of aliphatic hydroxyl groups is 1. The fourth-order valence-electron chi connectivity index (χ4n) is 1.23. The number of aryl methyl sites for hydroxylation is 1. The third kappa shape index (κ3) is 3.01. The van der Waals surface area contributed by atoms with Gasteiger partial charge in [-0.25, -0.2) is 0 Å². The number of nitrogens with zero attached hydrogens (tertiary/aromatic N) is 3.